The molecule has 0 fully saturated rings. The number of carbonyl (C=O) groups is 2. The summed E-state index contributed by atoms with van der Waals surface area (Å²) in [4.78, 5) is 24.9. The van der Waals surface area contributed by atoms with E-state index in [0.29, 0.717) is 11.0 Å². The van der Waals surface area contributed by atoms with E-state index in [1.165, 1.54) is 26.1 Å². The van der Waals surface area contributed by atoms with Crippen molar-refractivity contribution >= 4 is 30.3 Å². The Morgan fingerprint density at radius 3 is 2.49 bits per heavy atom. The van der Waals surface area contributed by atoms with Gasteiger partial charge in [-0.3, -0.25) is 9.69 Å². The molecule has 2 aromatic carbocycles. The lowest BCUT2D eigenvalue weighted by Gasteiger charge is -2.24. The van der Waals surface area contributed by atoms with Crippen LogP contribution in [-0.4, -0.2) is 54.8 Å². The molecule has 10 nitrogen and oxygen atoms in total. The number of carbonyl (C=O) groups excluding carboxylic acids is 1. The van der Waals surface area contributed by atoms with E-state index < -0.39 is 36.8 Å². The van der Waals surface area contributed by atoms with Gasteiger partial charge in [-0.05, 0) is 42.7 Å². The maximum atomic E-state index is 12.5. The molecule has 35 heavy (non-hydrogen) atoms. The van der Waals surface area contributed by atoms with Gasteiger partial charge < -0.3 is 29.6 Å². The largest absolute Gasteiger partial charge is 0.573 e. The van der Waals surface area contributed by atoms with Crippen LogP contribution in [0.3, 0.4) is 0 Å². The van der Waals surface area contributed by atoms with Crippen molar-refractivity contribution in [2.75, 3.05) is 18.6 Å². The molecule has 0 radical (unpaired) electrons. The number of nitriles is 1. The smallest absolute Gasteiger partial charge is 0.490 e. The fourth-order valence-electron chi connectivity index (χ4n) is 3.22. The molecule has 184 valence electrons. The van der Waals surface area contributed by atoms with Gasteiger partial charge in [0.2, 0.25) is 0 Å². The molecular weight excluding hydrogens is 474 g/mol. The van der Waals surface area contributed by atoms with Crippen molar-refractivity contribution in [3.8, 4) is 17.6 Å². The topological polar surface area (TPSA) is 141 Å². The Labute approximate surface area is 197 Å². The molecule has 3 rings (SSSR count). The summed E-state index contributed by atoms with van der Waals surface area (Å²) >= 11 is 0. The number of fused-ring (bicyclic) bond motifs is 1. The van der Waals surface area contributed by atoms with Gasteiger partial charge in [0.15, 0.2) is 5.54 Å². The van der Waals surface area contributed by atoms with Crippen molar-refractivity contribution < 1.29 is 47.0 Å². The van der Waals surface area contributed by atoms with Gasteiger partial charge in [-0.15, -0.1) is 13.2 Å². The van der Waals surface area contributed by atoms with Crippen molar-refractivity contribution in [3.05, 3.63) is 47.5 Å². The Bertz CT molecular complexity index is 1170. The second-order valence-electron chi connectivity index (χ2n) is 7.77. The minimum absolute atomic E-state index is 0.0114. The average Bonchev–Trinajstić information content (AvgIpc) is 3.16. The highest BCUT2D eigenvalue weighted by molar-refractivity contribution is 6.61. The number of carboxylic acid groups (broad SMARTS) is 1. The van der Waals surface area contributed by atoms with Crippen LogP contribution in [0.25, 0.3) is 0 Å². The van der Waals surface area contributed by atoms with Crippen LogP contribution in [0.15, 0.2) is 36.4 Å². The monoisotopic (exact) mass is 493 g/mol. The van der Waals surface area contributed by atoms with Crippen LogP contribution in [0.5, 0.6) is 11.5 Å². The number of ether oxygens (including phenoxy) is 2. The van der Waals surface area contributed by atoms with Crippen molar-refractivity contribution in [1.29, 1.82) is 5.26 Å². The zero-order valence-electron chi connectivity index (χ0n) is 18.4. The van der Waals surface area contributed by atoms with Crippen LogP contribution in [0.1, 0.15) is 22.8 Å². The van der Waals surface area contributed by atoms with Gasteiger partial charge in [0.25, 0.3) is 5.91 Å². The highest BCUT2D eigenvalue weighted by Gasteiger charge is 2.34. The molecule has 0 spiro atoms. The first-order valence-electron chi connectivity index (χ1n) is 9.97. The Morgan fingerprint density at radius 2 is 1.91 bits per heavy atom. The number of alkyl halides is 3. The van der Waals surface area contributed by atoms with Crippen LogP contribution in [0.2, 0.25) is 0 Å². The van der Waals surface area contributed by atoms with Crippen LogP contribution in [0, 0.1) is 11.3 Å². The van der Waals surface area contributed by atoms with E-state index in [0.717, 1.165) is 29.2 Å². The van der Waals surface area contributed by atoms with E-state index in [9.17, 15) is 38.2 Å². The standard InChI is InChI=1S/C21H19BF3N3O7/c1-20(10-26,27-18(29)12-3-5-13(6-4-12)35-21(23,24)25)11-33-14-7-16-15(9-34-22(16)32)17(8-14)28(2)19(30)31/h3-8,32H,9,11H2,1-2H3,(H,27,29)(H,30,31). The molecule has 0 saturated carbocycles. The third-order valence-electron chi connectivity index (χ3n) is 5.05. The second kappa shape index (κ2) is 9.73. The first-order chi connectivity index (χ1) is 16.3. The van der Waals surface area contributed by atoms with Crippen LogP contribution in [0.4, 0.5) is 23.7 Å². The maximum Gasteiger partial charge on any atom is 0.573 e. The lowest BCUT2D eigenvalue weighted by atomic mass is 9.79. The summed E-state index contributed by atoms with van der Waals surface area (Å²) in [7, 11) is 0.0118. The fraction of sp³-hybridized carbons (Fsp3) is 0.286. The third-order valence-corrected chi connectivity index (χ3v) is 5.05. The van der Waals surface area contributed by atoms with E-state index in [4.69, 9.17) is 9.39 Å². The number of hydrogen-bond donors (Lipinski definition) is 3. The minimum Gasteiger partial charge on any atom is -0.490 e. The quantitative estimate of drug-likeness (QED) is 0.498. The van der Waals surface area contributed by atoms with E-state index in [2.05, 4.69) is 10.1 Å². The highest BCUT2D eigenvalue weighted by atomic mass is 19.4. The second-order valence-corrected chi connectivity index (χ2v) is 7.77. The number of amides is 2. The zero-order chi connectivity index (χ0) is 26.0. The zero-order valence-corrected chi connectivity index (χ0v) is 18.4. The van der Waals surface area contributed by atoms with Gasteiger partial charge in [-0.2, -0.15) is 5.26 Å². The molecule has 1 heterocycles. The highest BCUT2D eigenvalue weighted by Crippen LogP contribution is 2.29. The molecule has 1 unspecified atom stereocenters. The number of rotatable bonds is 7. The number of anilines is 1. The molecule has 0 saturated heterocycles. The molecule has 2 amide bonds. The molecule has 3 N–H and O–H groups in total. The summed E-state index contributed by atoms with van der Waals surface area (Å²) in [5.74, 6) is -1.15. The average molecular weight is 493 g/mol. The third kappa shape index (κ3) is 6.14. The predicted molar refractivity (Wildman–Crippen MR) is 115 cm³/mol. The van der Waals surface area contributed by atoms with Crippen molar-refractivity contribution in [2.24, 2.45) is 0 Å². The van der Waals surface area contributed by atoms with E-state index >= 15 is 0 Å². The van der Waals surface area contributed by atoms with Crippen molar-refractivity contribution in [2.45, 2.75) is 25.4 Å². The van der Waals surface area contributed by atoms with Crippen LogP contribution >= 0.6 is 0 Å². The van der Waals surface area contributed by atoms with Crippen molar-refractivity contribution in [3.63, 3.8) is 0 Å². The number of hydrogen-bond acceptors (Lipinski definition) is 7. The first kappa shape index (κ1) is 25.7. The van der Waals surface area contributed by atoms with Gasteiger partial charge in [-0.1, -0.05) is 0 Å². The molecule has 0 aliphatic carbocycles. The van der Waals surface area contributed by atoms with E-state index in [1.807, 2.05) is 6.07 Å². The van der Waals surface area contributed by atoms with E-state index in [-0.39, 0.29) is 30.2 Å². The fourth-order valence-corrected chi connectivity index (χ4v) is 3.22. The maximum absolute atomic E-state index is 12.5. The molecule has 1 aliphatic rings. The summed E-state index contributed by atoms with van der Waals surface area (Å²) < 4.78 is 51.4. The predicted octanol–water partition coefficient (Wildman–Crippen LogP) is 2.01. The lowest BCUT2D eigenvalue weighted by Crippen LogP contribution is -2.49. The molecule has 0 aromatic heterocycles. The Balaban J connectivity index is 1.74. The van der Waals surface area contributed by atoms with Crippen molar-refractivity contribution in [1.82, 2.24) is 5.32 Å². The lowest BCUT2D eigenvalue weighted by molar-refractivity contribution is -0.274. The SMILES string of the molecule is CN(C(=O)O)c1cc(OCC(C)(C#N)NC(=O)c2ccc(OC(F)(F)F)cc2)cc2c1COB2O. The van der Waals surface area contributed by atoms with Gasteiger partial charge in [-0.25, -0.2) is 4.79 Å². The molecule has 14 heteroatoms. The summed E-state index contributed by atoms with van der Waals surface area (Å²) in [6.07, 6.45) is -6.13. The van der Waals surface area contributed by atoms with Gasteiger partial charge in [0.1, 0.15) is 18.1 Å². The first-order valence-corrected chi connectivity index (χ1v) is 9.97. The Kier molecular flexibility index (Phi) is 7.13. The molecule has 1 atom stereocenters. The number of nitrogens with one attached hydrogen (secondary N) is 1. The summed E-state index contributed by atoms with van der Waals surface area (Å²) in [6.45, 7) is 0.973. The van der Waals surface area contributed by atoms with Gasteiger partial charge in [0, 0.05) is 24.2 Å². The summed E-state index contributed by atoms with van der Waals surface area (Å²) in [5.41, 5.74) is -0.626. The van der Waals surface area contributed by atoms with Crippen LogP contribution in [-0.2, 0) is 11.3 Å². The normalized spacial score (nSPS) is 14.4. The number of halogens is 3. The molecular formula is C21H19BF3N3O7. The molecule has 0 bridgehead atoms. The minimum atomic E-state index is -4.88. The Hall–Kier alpha value is -3.96. The molecule has 1 aliphatic heterocycles. The van der Waals surface area contributed by atoms with Gasteiger partial charge >= 0.3 is 19.6 Å². The number of nitrogens with zero attached hydrogens (tertiary/aromatic N) is 2. The number of benzene rings is 2. The van der Waals surface area contributed by atoms with Gasteiger partial charge in [0.05, 0.1) is 18.4 Å². The summed E-state index contributed by atoms with van der Waals surface area (Å²) in [6, 6.07) is 8.85. The van der Waals surface area contributed by atoms with E-state index in [1.54, 1.807) is 0 Å². The van der Waals surface area contributed by atoms with Crippen LogP contribution < -0.4 is 25.2 Å². The molecule has 2 aromatic rings. The summed E-state index contributed by atoms with van der Waals surface area (Å²) in [5, 5.41) is 31.4. The Morgan fingerprint density at radius 1 is 1.26 bits per heavy atom.